The molecular formula is C14H19NO4. The van der Waals surface area contributed by atoms with Crippen molar-refractivity contribution in [2.45, 2.75) is 31.6 Å². The van der Waals surface area contributed by atoms with E-state index in [1.54, 1.807) is 18.2 Å². The highest BCUT2D eigenvalue weighted by atomic mass is 16.4. The predicted molar refractivity (Wildman–Crippen MR) is 69.6 cm³/mol. The number of likely N-dealkylation sites (tertiary alicyclic amines) is 1. The zero-order valence-electron chi connectivity index (χ0n) is 10.7. The summed E-state index contributed by atoms with van der Waals surface area (Å²) in [5.74, 6) is -1.42. The quantitative estimate of drug-likeness (QED) is 0.732. The Hall–Kier alpha value is -1.43. The highest BCUT2D eigenvalue weighted by Crippen LogP contribution is 2.20. The van der Waals surface area contributed by atoms with Crippen molar-refractivity contribution in [3.05, 3.63) is 35.4 Å². The molecule has 0 saturated carbocycles. The fourth-order valence-corrected chi connectivity index (χ4v) is 2.39. The molecule has 19 heavy (non-hydrogen) atoms. The fourth-order valence-electron chi connectivity index (χ4n) is 2.39. The third-order valence-corrected chi connectivity index (χ3v) is 3.45. The lowest BCUT2D eigenvalue weighted by molar-refractivity contribution is -0.153. The van der Waals surface area contributed by atoms with Gasteiger partial charge in [0.15, 0.2) is 6.10 Å². The SMILES string of the molecule is O=C(O)C(O)C(O)c1cccc(CN2CCCC2)c1. The molecule has 1 aromatic carbocycles. The maximum Gasteiger partial charge on any atom is 0.335 e. The van der Waals surface area contributed by atoms with E-state index in [0.29, 0.717) is 5.56 Å². The molecule has 1 saturated heterocycles. The van der Waals surface area contributed by atoms with Gasteiger partial charge in [-0.2, -0.15) is 0 Å². The summed E-state index contributed by atoms with van der Waals surface area (Å²) in [6.07, 6.45) is -0.766. The lowest BCUT2D eigenvalue weighted by Crippen LogP contribution is -2.27. The van der Waals surface area contributed by atoms with Gasteiger partial charge in [0.1, 0.15) is 6.10 Å². The van der Waals surface area contributed by atoms with Crippen LogP contribution in [0.15, 0.2) is 24.3 Å². The maximum atomic E-state index is 10.7. The fraction of sp³-hybridized carbons (Fsp3) is 0.500. The number of carbonyl (C=O) groups is 1. The molecule has 1 aliphatic rings. The maximum absolute atomic E-state index is 10.7. The van der Waals surface area contributed by atoms with Gasteiger partial charge in [-0.1, -0.05) is 24.3 Å². The first-order chi connectivity index (χ1) is 9.08. The Morgan fingerprint density at radius 1 is 1.26 bits per heavy atom. The van der Waals surface area contributed by atoms with E-state index in [2.05, 4.69) is 4.90 Å². The van der Waals surface area contributed by atoms with Gasteiger partial charge >= 0.3 is 5.97 Å². The molecule has 0 aliphatic carbocycles. The molecule has 5 nitrogen and oxygen atoms in total. The van der Waals surface area contributed by atoms with E-state index in [0.717, 1.165) is 25.2 Å². The zero-order chi connectivity index (χ0) is 13.8. The Bertz CT molecular complexity index is 443. The normalized spacial score (nSPS) is 19.3. The summed E-state index contributed by atoms with van der Waals surface area (Å²) in [6, 6.07) is 7.11. The molecule has 0 bridgehead atoms. The second-order valence-electron chi connectivity index (χ2n) is 4.96. The molecule has 0 amide bonds. The molecule has 5 heteroatoms. The van der Waals surface area contributed by atoms with Gasteiger partial charge < -0.3 is 15.3 Å². The van der Waals surface area contributed by atoms with Crippen LogP contribution in [0.4, 0.5) is 0 Å². The summed E-state index contributed by atoms with van der Waals surface area (Å²) in [5, 5.41) is 27.9. The number of nitrogens with zero attached hydrogens (tertiary/aromatic N) is 1. The summed E-state index contributed by atoms with van der Waals surface area (Å²) >= 11 is 0. The molecule has 0 aromatic heterocycles. The highest BCUT2D eigenvalue weighted by molar-refractivity contribution is 5.73. The van der Waals surface area contributed by atoms with E-state index < -0.39 is 18.2 Å². The molecule has 2 unspecified atom stereocenters. The number of hydrogen-bond donors (Lipinski definition) is 3. The van der Waals surface area contributed by atoms with E-state index in [9.17, 15) is 15.0 Å². The molecule has 3 N–H and O–H groups in total. The molecule has 2 atom stereocenters. The minimum Gasteiger partial charge on any atom is -0.479 e. The average molecular weight is 265 g/mol. The van der Waals surface area contributed by atoms with Gasteiger partial charge in [0, 0.05) is 6.54 Å². The van der Waals surface area contributed by atoms with Crippen molar-refractivity contribution in [1.82, 2.24) is 4.90 Å². The molecule has 1 fully saturated rings. The second-order valence-corrected chi connectivity index (χ2v) is 4.96. The monoisotopic (exact) mass is 265 g/mol. The van der Waals surface area contributed by atoms with Gasteiger partial charge in [0.2, 0.25) is 0 Å². The van der Waals surface area contributed by atoms with E-state index in [1.807, 2.05) is 6.07 Å². The molecule has 0 radical (unpaired) electrons. The minimum absolute atomic E-state index is 0.437. The van der Waals surface area contributed by atoms with Crippen LogP contribution in [0.1, 0.15) is 30.1 Å². The van der Waals surface area contributed by atoms with E-state index >= 15 is 0 Å². The van der Waals surface area contributed by atoms with Crippen molar-refractivity contribution >= 4 is 5.97 Å². The Labute approximate surface area is 112 Å². The zero-order valence-corrected chi connectivity index (χ0v) is 10.7. The van der Waals surface area contributed by atoms with Crippen LogP contribution in [0.5, 0.6) is 0 Å². The van der Waals surface area contributed by atoms with Gasteiger partial charge in [-0.15, -0.1) is 0 Å². The van der Waals surface area contributed by atoms with Crippen molar-refractivity contribution in [3.63, 3.8) is 0 Å². The van der Waals surface area contributed by atoms with E-state index in [4.69, 9.17) is 5.11 Å². The van der Waals surface area contributed by atoms with Crippen LogP contribution in [0.25, 0.3) is 0 Å². The van der Waals surface area contributed by atoms with Crippen LogP contribution in [0.2, 0.25) is 0 Å². The average Bonchev–Trinajstić information content (AvgIpc) is 2.90. The predicted octanol–water partition coefficient (Wildman–Crippen LogP) is 0.761. The van der Waals surface area contributed by atoms with Crippen molar-refractivity contribution in [1.29, 1.82) is 0 Å². The molecule has 0 spiro atoms. The third kappa shape index (κ3) is 3.53. The summed E-state index contributed by atoms with van der Waals surface area (Å²) in [5.41, 5.74) is 1.46. The number of rotatable bonds is 5. The number of benzene rings is 1. The molecule has 2 rings (SSSR count). The van der Waals surface area contributed by atoms with Gasteiger partial charge in [-0.3, -0.25) is 4.90 Å². The lowest BCUT2D eigenvalue weighted by Gasteiger charge is -2.18. The minimum atomic E-state index is -1.79. The van der Waals surface area contributed by atoms with Crippen molar-refractivity contribution in [2.75, 3.05) is 13.1 Å². The van der Waals surface area contributed by atoms with Crippen molar-refractivity contribution < 1.29 is 20.1 Å². The van der Waals surface area contributed by atoms with Gasteiger partial charge in [-0.05, 0) is 37.1 Å². The number of aliphatic carboxylic acids is 1. The van der Waals surface area contributed by atoms with Gasteiger partial charge in [-0.25, -0.2) is 4.79 Å². The molecule has 1 aliphatic heterocycles. The van der Waals surface area contributed by atoms with Crippen LogP contribution in [0.3, 0.4) is 0 Å². The third-order valence-electron chi connectivity index (χ3n) is 3.45. The Morgan fingerprint density at radius 2 is 1.95 bits per heavy atom. The second kappa shape index (κ2) is 6.14. The number of carboxylic acid groups (broad SMARTS) is 1. The first-order valence-corrected chi connectivity index (χ1v) is 6.48. The number of aliphatic hydroxyl groups is 2. The first-order valence-electron chi connectivity index (χ1n) is 6.48. The number of hydrogen-bond acceptors (Lipinski definition) is 4. The van der Waals surface area contributed by atoms with Gasteiger partial charge in [0.25, 0.3) is 0 Å². The standard InChI is InChI=1S/C14H19NO4/c16-12(13(17)14(18)19)11-5-3-4-10(8-11)9-15-6-1-2-7-15/h3-5,8,12-13,16-17H,1-2,6-7,9H2,(H,18,19). The van der Waals surface area contributed by atoms with Gasteiger partial charge in [0.05, 0.1) is 0 Å². The smallest absolute Gasteiger partial charge is 0.335 e. The summed E-state index contributed by atoms with van der Waals surface area (Å²) < 4.78 is 0. The van der Waals surface area contributed by atoms with Crippen LogP contribution < -0.4 is 0 Å². The first kappa shape index (κ1) is 14.0. The molecule has 1 aromatic rings. The molecule has 104 valence electrons. The van der Waals surface area contributed by atoms with Crippen molar-refractivity contribution in [3.8, 4) is 0 Å². The summed E-state index contributed by atoms with van der Waals surface area (Å²) in [6.45, 7) is 2.94. The summed E-state index contributed by atoms with van der Waals surface area (Å²) in [4.78, 5) is 13.0. The topological polar surface area (TPSA) is 81.0 Å². The van der Waals surface area contributed by atoms with Crippen LogP contribution in [0, 0.1) is 0 Å². The van der Waals surface area contributed by atoms with Crippen molar-refractivity contribution in [2.24, 2.45) is 0 Å². The Kier molecular flexibility index (Phi) is 4.52. The van der Waals surface area contributed by atoms with Crippen LogP contribution in [-0.4, -0.2) is 45.4 Å². The number of carboxylic acids is 1. The van der Waals surface area contributed by atoms with Crippen LogP contribution in [-0.2, 0) is 11.3 Å². The van der Waals surface area contributed by atoms with Crippen LogP contribution >= 0.6 is 0 Å². The molecular weight excluding hydrogens is 246 g/mol. The Balaban J connectivity index is 2.07. The lowest BCUT2D eigenvalue weighted by atomic mass is 10.0. The largest absolute Gasteiger partial charge is 0.479 e. The summed E-state index contributed by atoms with van der Waals surface area (Å²) in [7, 11) is 0. The van der Waals surface area contributed by atoms with E-state index in [-0.39, 0.29) is 0 Å². The number of aliphatic hydroxyl groups excluding tert-OH is 2. The molecule has 1 heterocycles. The van der Waals surface area contributed by atoms with E-state index in [1.165, 1.54) is 12.8 Å². The Morgan fingerprint density at radius 3 is 2.58 bits per heavy atom. The highest BCUT2D eigenvalue weighted by Gasteiger charge is 2.25.